The second-order valence-electron chi connectivity index (χ2n) is 7.80. The van der Waals surface area contributed by atoms with Crippen molar-refractivity contribution in [3.05, 3.63) is 95.8 Å². The molecule has 5 nitrogen and oxygen atoms in total. The molecule has 1 heterocycles. The number of rotatable bonds is 10. The fraction of sp³-hybridized carbons (Fsp3) is 0.292. The van der Waals surface area contributed by atoms with Gasteiger partial charge in [-0.25, -0.2) is 8.42 Å². The molecule has 1 aliphatic rings. The lowest BCUT2D eigenvalue weighted by Gasteiger charge is -2.22. The minimum atomic E-state index is -3.53. The van der Waals surface area contributed by atoms with E-state index in [0.29, 0.717) is 37.0 Å². The summed E-state index contributed by atoms with van der Waals surface area (Å²) in [6, 6.07) is 22.8. The van der Waals surface area contributed by atoms with Gasteiger partial charge >= 0.3 is 0 Å². The maximum absolute atomic E-state index is 13.3. The van der Waals surface area contributed by atoms with Crippen LogP contribution >= 0.6 is 0 Å². The normalized spacial score (nSPS) is 14.2. The van der Waals surface area contributed by atoms with Crippen LogP contribution in [0.5, 0.6) is 0 Å². The average Bonchev–Trinajstić information content (AvgIpc) is 3.59. The summed E-state index contributed by atoms with van der Waals surface area (Å²) >= 11 is 0. The van der Waals surface area contributed by atoms with Crippen molar-refractivity contribution >= 4 is 10.0 Å². The molecule has 30 heavy (non-hydrogen) atoms. The molecular weight excluding hydrogens is 394 g/mol. The van der Waals surface area contributed by atoms with Crippen molar-refractivity contribution in [2.24, 2.45) is 5.92 Å². The Hall–Kier alpha value is -2.54. The highest BCUT2D eigenvalue weighted by Gasteiger charge is 2.31. The van der Waals surface area contributed by atoms with Gasteiger partial charge in [0.15, 0.2) is 0 Å². The van der Waals surface area contributed by atoms with Crippen molar-refractivity contribution in [1.82, 2.24) is 14.6 Å². The summed E-state index contributed by atoms with van der Waals surface area (Å²) in [4.78, 5) is 4.65. The van der Waals surface area contributed by atoms with Gasteiger partial charge in [0, 0.05) is 32.4 Å². The van der Waals surface area contributed by atoms with Crippen LogP contribution in [0, 0.1) is 5.92 Å². The molecule has 1 saturated carbocycles. The van der Waals surface area contributed by atoms with Gasteiger partial charge in [0.2, 0.25) is 10.0 Å². The standard InChI is InChI=1S/C24H27N3O2S/c28-30(29,27(19-22-9-10-22)18-21-6-2-1-3-7-21)24-13-11-20(12-14-24)16-25-17-23-8-4-5-15-26-23/h1-8,11-15,22,25H,9-10,16-19H2. The van der Waals surface area contributed by atoms with Gasteiger partial charge in [0.05, 0.1) is 10.6 Å². The summed E-state index contributed by atoms with van der Waals surface area (Å²) in [5.41, 5.74) is 3.03. The first-order chi connectivity index (χ1) is 14.6. The van der Waals surface area contributed by atoms with E-state index in [2.05, 4.69) is 10.3 Å². The number of hydrogen-bond acceptors (Lipinski definition) is 4. The zero-order valence-electron chi connectivity index (χ0n) is 16.9. The molecule has 0 amide bonds. The monoisotopic (exact) mass is 421 g/mol. The number of pyridine rings is 1. The highest BCUT2D eigenvalue weighted by molar-refractivity contribution is 7.89. The fourth-order valence-electron chi connectivity index (χ4n) is 3.39. The molecule has 1 aliphatic carbocycles. The summed E-state index contributed by atoms with van der Waals surface area (Å²) in [6.45, 7) is 2.33. The molecule has 0 bridgehead atoms. The number of sulfonamides is 1. The molecule has 0 atom stereocenters. The van der Waals surface area contributed by atoms with Gasteiger partial charge in [-0.3, -0.25) is 4.98 Å². The van der Waals surface area contributed by atoms with Gasteiger partial charge in [-0.2, -0.15) is 4.31 Å². The average molecular weight is 422 g/mol. The molecule has 1 aromatic heterocycles. The molecule has 0 spiro atoms. The van der Waals surface area contributed by atoms with Gasteiger partial charge < -0.3 is 5.32 Å². The number of aromatic nitrogens is 1. The molecule has 0 radical (unpaired) electrons. The smallest absolute Gasteiger partial charge is 0.243 e. The van der Waals surface area contributed by atoms with E-state index in [0.717, 1.165) is 29.7 Å². The van der Waals surface area contributed by atoms with Crippen LogP contribution in [0.1, 0.15) is 29.7 Å². The van der Waals surface area contributed by atoms with Gasteiger partial charge in [0.1, 0.15) is 0 Å². The third-order valence-corrected chi connectivity index (χ3v) is 7.11. The predicted octanol–water partition coefficient (Wildman–Crippen LogP) is 3.97. The molecule has 0 saturated heterocycles. The van der Waals surface area contributed by atoms with Gasteiger partial charge in [-0.05, 0) is 54.2 Å². The number of nitrogens with zero attached hydrogens (tertiary/aromatic N) is 2. The Morgan fingerprint density at radius 2 is 1.60 bits per heavy atom. The third-order valence-electron chi connectivity index (χ3n) is 5.28. The third kappa shape index (κ3) is 5.53. The molecule has 3 aromatic rings. The van der Waals surface area contributed by atoms with Crippen molar-refractivity contribution in [2.45, 2.75) is 37.4 Å². The summed E-state index contributed by atoms with van der Waals surface area (Å²) in [5, 5.41) is 3.34. The topological polar surface area (TPSA) is 62.3 Å². The van der Waals surface area contributed by atoms with E-state index in [9.17, 15) is 8.42 Å². The van der Waals surface area contributed by atoms with E-state index in [1.54, 1.807) is 22.6 Å². The zero-order chi connectivity index (χ0) is 20.8. The zero-order valence-corrected chi connectivity index (χ0v) is 17.8. The first-order valence-electron chi connectivity index (χ1n) is 10.3. The number of hydrogen-bond donors (Lipinski definition) is 1. The summed E-state index contributed by atoms with van der Waals surface area (Å²) in [6.07, 6.45) is 4.00. The van der Waals surface area contributed by atoms with Crippen LogP contribution < -0.4 is 5.32 Å². The molecule has 0 unspecified atom stereocenters. The van der Waals surface area contributed by atoms with Gasteiger partial charge in [-0.1, -0.05) is 48.5 Å². The van der Waals surface area contributed by atoms with Crippen molar-refractivity contribution in [3.8, 4) is 0 Å². The first-order valence-corrected chi connectivity index (χ1v) is 11.8. The maximum Gasteiger partial charge on any atom is 0.243 e. The van der Waals surface area contributed by atoms with E-state index in [1.807, 2.05) is 60.7 Å². The lowest BCUT2D eigenvalue weighted by molar-refractivity contribution is 0.391. The second kappa shape index (κ2) is 9.51. The van der Waals surface area contributed by atoms with Crippen LogP contribution in [0.4, 0.5) is 0 Å². The van der Waals surface area contributed by atoms with Crippen LogP contribution in [-0.2, 0) is 29.7 Å². The van der Waals surface area contributed by atoms with Crippen molar-refractivity contribution in [1.29, 1.82) is 0 Å². The van der Waals surface area contributed by atoms with E-state index < -0.39 is 10.0 Å². The first kappa shape index (κ1) is 20.7. The van der Waals surface area contributed by atoms with Crippen molar-refractivity contribution < 1.29 is 8.42 Å². The molecule has 1 fully saturated rings. The minimum absolute atomic E-state index is 0.354. The summed E-state index contributed by atoms with van der Waals surface area (Å²) in [7, 11) is -3.53. The van der Waals surface area contributed by atoms with E-state index in [1.165, 1.54) is 0 Å². The van der Waals surface area contributed by atoms with Crippen molar-refractivity contribution in [2.75, 3.05) is 6.54 Å². The Morgan fingerprint density at radius 1 is 0.867 bits per heavy atom. The summed E-state index contributed by atoms with van der Waals surface area (Å²) in [5.74, 6) is 0.485. The Balaban J connectivity index is 1.42. The molecule has 0 aliphatic heterocycles. The van der Waals surface area contributed by atoms with E-state index >= 15 is 0 Å². The largest absolute Gasteiger partial charge is 0.307 e. The second-order valence-corrected chi connectivity index (χ2v) is 9.73. The van der Waals surface area contributed by atoms with Crippen LogP contribution in [0.15, 0.2) is 83.9 Å². The fourth-order valence-corrected chi connectivity index (χ4v) is 4.89. The molecule has 1 N–H and O–H groups in total. The van der Waals surface area contributed by atoms with Crippen molar-refractivity contribution in [3.63, 3.8) is 0 Å². The van der Waals surface area contributed by atoms with E-state index in [4.69, 9.17) is 0 Å². The summed E-state index contributed by atoms with van der Waals surface area (Å²) < 4.78 is 28.3. The molecule has 6 heteroatoms. The lowest BCUT2D eigenvalue weighted by Crippen LogP contribution is -2.32. The number of nitrogens with one attached hydrogen (secondary N) is 1. The molecule has 4 rings (SSSR count). The van der Waals surface area contributed by atoms with Crippen LogP contribution in [0.3, 0.4) is 0 Å². The minimum Gasteiger partial charge on any atom is -0.307 e. The Kier molecular flexibility index (Phi) is 6.57. The Bertz CT molecular complexity index is 1030. The SMILES string of the molecule is O=S(=O)(c1ccc(CNCc2ccccn2)cc1)N(Cc1ccccc1)CC1CC1. The Morgan fingerprint density at radius 3 is 2.27 bits per heavy atom. The van der Waals surface area contributed by atoms with Gasteiger partial charge in [0.25, 0.3) is 0 Å². The maximum atomic E-state index is 13.3. The van der Waals surface area contributed by atoms with Crippen LogP contribution in [0.2, 0.25) is 0 Å². The molecular formula is C24H27N3O2S. The van der Waals surface area contributed by atoms with Gasteiger partial charge in [-0.15, -0.1) is 0 Å². The van der Waals surface area contributed by atoms with Crippen LogP contribution in [-0.4, -0.2) is 24.3 Å². The van der Waals surface area contributed by atoms with E-state index in [-0.39, 0.29) is 0 Å². The molecule has 2 aromatic carbocycles. The lowest BCUT2D eigenvalue weighted by atomic mass is 10.2. The highest BCUT2D eigenvalue weighted by atomic mass is 32.2. The molecule has 156 valence electrons. The van der Waals surface area contributed by atoms with Crippen LogP contribution in [0.25, 0.3) is 0 Å². The highest BCUT2D eigenvalue weighted by Crippen LogP contribution is 2.32. The number of benzene rings is 2. The quantitative estimate of drug-likeness (QED) is 0.538. The Labute approximate surface area is 178 Å². The predicted molar refractivity (Wildman–Crippen MR) is 118 cm³/mol.